The van der Waals surface area contributed by atoms with E-state index < -0.39 is 27.9 Å². The van der Waals surface area contributed by atoms with Gasteiger partial charge in [-0.3, -0.25) is 4.90 Å². The number of aryl methyl sites for hydroxylation is 2. The Balaban J connectivity index is 0.00000143. The minimum absolute atomic E-state index is 0.102. The monoisotopic (exact) mass is 815 g/mol. The third kappa shape index (κ3) is 6.63. The van der Waals surface area contributed by atoms with E-state index in [0.29, 0.717) is 31.1 Å². The topological polar surface area (TPSA) is 52.9 Å². The molecule has 0 spiro atoms. The Hall–Kier alpha value is -3.87. The van der Waals surface area contributed by atoms with Gasteiger partial charge in [0.1, 0.15) is 11.5 Å². The molecule has 1 unspecified atom stereocenters. The molecule has 4 nitrogen and oxygen atoms in total. The SMILES string of the molecule is Cc1cc(CN(Cc2cc(C)cc(C3(C)c4ccccc4-c4ccccc43)c2O)CC2CCCO2)c(O)c(C2(C)c3ccccc3-c3ccccc32)c1.[Cl][Ti][Cl]. The van der Waals surface area contributed by atoms with Gasteiger partial charge in [-0.05, 0) is 85.0 Å². The molecule has 1 aliphatic heterocycles. The Morgan fingerprint density at radius 3 is 1.30 bits per heavy atom. The Labute approximate surface area is 347 Å². The fraction of sp³-hybridized carbons (Fsp3) is 0.265. The zero-order valence-electron chi connectivity index (χ0n) is 32.4. The molecule has 6 aromatic rings. The Morgan fingerprint density at radius 1 is 0.607 bits per heavy atom. The summed E-state index contributed by atoms with van der Waals surface area (Å²) in [6.07, 6.45) is 2.15. The molecule has 284 valence electrons. The van der Waals surface area contributed by atoms with Crippen LogP contribution in [0.25, 0.3) is 22.3 Å². The van der Waals surface area contributed by atoms with Crippen LogP contribution in [0.3, 0.4) is 0 Å². The third-order valence-corrected chi connectivity index (χ3v) is 12.5. The second kappa shape index (κ2) is 15.8. The fourth-order valence-corrected chi connectivity index (χ4v) is 9.94. The van der Waals surface area contributed by atoms with E-state index in [2.05, 4.69) is 154 Å². The summed E-state index contributed by atoms with van der Waals surface area (Å²) in [5.41, 5.74) is 14.6. The van der Waals surface area contributed by atoms with E-state index in [1.807, 2.05) is 0 Å². The van der Waals surface area contributed by atoms with Gasteiger partial charge >= 0.3 is 35.6 Å². The maximum atomic E-state index is 12.4. The molecule has 1 atom stereocenters. The van der Waals surface area contributed by atoms with Crippen LogP contribution >= 0.6 is 18.6 Å². The molecule has 1 saturated heterocycles. The molecular weight excluding hydrogens is 769 g/mol. The van der Waals surface area contributed by atoms with Crippen molar-refractivity contribution in [2.75, 3.05) is 13.2 Å². The van der Waals surface area contributed by atoms with Crippen molar-refractivity contribution < 1.29 is 32.0 Å². The van der Waals surface area contributed by atoms with Gasteiger partial charge in [-0.15, -0.1) is 0 Å². The number of nitrogens with zero attached hydrogens (tertiary/aromatic N) is 1. The zero-order chi connectivity index (χ0) is 39.2. The molecule has 2 aliphatic carbocycles. The molecule has 1 heterocycles. The molecule has 3 aliphatic rings. The third-order valence-electron chi connectivity index (χ3n) is 12.5. The molecule has 0 radical (unpaired) electrons. The second-order valence-electron chi connectivity index (χ2n) is 15.9. The molecule has 0 saturated carbocycles. The van der Waals surface area contributed by atoms with Gasteiger partial charge in [0.05, 0.1) is 6.10 Å². The first-order valence-corrected chi connectivity index (χ1v) is 23.7. The van der Waals surface area contributed by atoms with Crippen LogP contribution in [-0.4, -0.2) is 34.4 Å². The number of aromatic hydroxyl groups is 2. The molecule has 7 heteroatoms. The average Bonchev–Trinajstić information content (AvgIpc) is 3.89. The summed E-state index contributed by atoms with van der Waals surface area (Å²) in [4.78, 5) is 2.37. The summed E-state index contributed by atoms with van der Waals surface area (Å²) in [5.74, 6) is 0.672. The number of rotatable bonds is 8. The fourth-order valence-electron chi connectivity index (χ4n) is 9.94. The molecule has 0 bridgehead atoms. The molecule has 9 rings (SSSR count). The van der Waals surface area contributed by atoms with Gasteiger partial charge in [-0.25, -0.2) is 0 Å². The second-order valence-corrected chi connectivity index (χ2v) is 18.5. The van der Waals surface area contributed by atoms with E-state index in [9.17, 15) is 10.2 Å². The van der Waals surface area contributed by atoms with Crippen LogP contribution in [0.15, 0.2) is 121 Å². The zero-order valence-corrected chi connectivity index (χ0v) is 35.4. The van der Waals surface area contributed by atoms with Crippen molar-refractivity contribution in [3.05, 3.63) is 177 Å². The summed E-state index contributed by atoms with van der Waals surface area (Å²) in [6.45, 7) is 11.3. The molecule has 0 amide bonds. The van der Waals surface area contributed by atoms with Crippen LogP contribution in [0.5, 0.6) is 11.5 Å². The molecule has 1 fully saturated rings. The summed E-state index contributed by atoms with van der Waals surface area (Å²) < 4.78 is 6.20. The summed E-state index contributed by atoms with van der Waals surface area (Å²) in [6, 6.07) is 43.0. The van der Waals surface area contributed by atoms with Crippen LogP contribution in [0, 0.1) is 13.8 Å². The van der Waals surface area contributed by atoms with Crippen LogP contribution in [-0.2, 0) is 45.7 Å². The van der Waals surface area contributed by atoms with E-state index in [0.717, 1.165) is 52.8 Å². The number of hydrogen-bond donors (Lipinski definition) is 2. The standard InChI is InChI=1S/C49H47NO3.2ClH.Ti/c1-31-24-33(46(51)44(26-31)48(3)40-19-9-5-15-36(40)37-16-6-10-20-41(37)48)28-50(30-35-14-13-23-53-35)29-34-25-32(2)27-45(47(34)52)49(4)42-21-11-7-17-38(42)39-18-8-12-22-43(39)49;;;/h5-12,15-22,24-27,35,51-52H,13-14,23,28-30H2,1-4H3;2*1H;/q;;;+2/p-2. The van der Waals surface area contributed by atoms with Crippen LogP contribution in [0.4, 0.5) is 0 Å². The van der Waals surface area contributed by atoms with Crippen LogP contribution in [0.1, 0.15) is 82.3 Å². The predicted molar refractivity (Wildman–Crippen MR) is 225 cm³/mol. The van der Waals surface area contributed by atoms with E-state index in [4.69, 9.17) is 23.3 Å². The Bertz CT molecular complexity index is 2170. The van der Waals surface area contributed by atoms with Gasteiger partial charge in [-0.2, -0.15) is 0 Å². The first-order chi connectivity index (χ1) is 27.1. The number of fused-ring (bicyclic) bond motifs is 6. The number of halogens is 2. The van der Waals surface area contributed by atoms with E-state index >= 15 is 0 Å². The van der Waals surface area contributed by atoms with Crippen molar-refractivity contribution in [3.8, 4) is 33.8 Å². The Morgan fingerprint density at radius 2 is 0.964 bits per heavy atom. The number of phenolic OH excluding ortho intramolecular Hbond substituents is 2. The van der Waals surface area contributed by atoms with E-state index in [-0.39, 0.29) is 6.10 Å². The molecule has 6 aromatic carbocycles. The van der Waals surface area contributed by atoms with Crippen molar-refractivity contribution in [1.29, 1.82) is 0 Å². The van der Waals surface area contributed by atoms with Crippen LogP contribution in [0.2, 0.25) is 0 Å². The predicted octanol–water partition coefficient (Wildman–Crippen LogP) is 11.9. The van der Waals surface area contributed by atoms with Gasteiger partial charge in [-0.1, -0.05) is 132 Å². The summed E-state index contributed by atoms with van der Waals surface area (Å²) >= 11 is -0.556. The van der Waals surface area contributed by atoms with Gasteiger partial charge in [0.2, 0.25) is 0 Å². The summed E-state index contributed by atoms with van der Waals surface area (Å²) in [5, 5.41) is 24.7. The first kappa shape index (κ1) is 39.0. The molecule has 0 aromatic heterocycles. The normalized spacial score (nSPS) is 16.7. The molecule has 2 N–H and O–H groups in total. The van der Waals surface area contributed by atoms with Gasteiger partial charge in [0, 0.05) is 59.3 Å². The van der Waals surface area contributed by atoms with Crippen molar-refractivity contribution in [1.82, 2.24) is 4.90 Å². The first-order valence-electron chi connectivity index (χ1n) is 19.4. The molecule has 56 heavy (non-hydrogen) atoms. The Kier molecular flexibility index (Phi) is 11.0. The van der Waals surface area contributed by atoms with Gasteiger partial charge in [0.15, 0.2) is 0 Å². The van der Waals surface area contributed by atoms with E-state index in [1.165, 1.54) is 44.5 Å². The maximum absolute atomic E-state index is 12.4. The summed E-state index contributed by atoms with van der Waals surface area (Å²) in [7, 11) is 9.78. The van der Waals surface area contributed by atoms with Crippen molar-refractivity contribution in [2.24, 2.45) is 0 Å². The number of phenols is 2. The number of hydrogen-bond acceptors (Lipinski definition) is 4. The van der Waals surface area contributed by atoms with E-state index in [1.54, 1.807) is 0 Å². The van der Waals surface area contributed by atoms with Gasteiger partial charge < -0.3 is 14.9 Å². The quantitative estimate of drug-likeness (QED) is 0.150. The van der Waals surface area contributed by atoms with Crippen molar-refractivity contribution in [2.45, 2.75) is 70.6 Å². The average molecular weight is 817 g/mol. The van der Waals surface area contributed by atoms with Crippen molar-refractivity contribution in [3.63, 3.8) is 0 Å². The minimum atomic E-state index is -0.556. The molecular formula is C49H47Cl2NO3Ti. The van der Waals surface area contributed by atoms with Crippen molar-refractivity contribution >= 4 is 18.6 Å². The van der Waals surface area contributed by atoms with Gasteiger partial charge in [0.25, 0.3) is 0 Å². The van der Waals surface area contributed by atoms with Crippen LogP contribution < -0.4 is 0 Å². The number of benzene rings is 6. The number of ether oxygens (including phenoxy) is 1.